The van der Waals surface area contributed by atoms with Crippen molar-refractivity contribution < 1.29 is 9.53 Å². The third-order valence-electron chi connectivity index (χ3n) is 3.32. The molecule has 0 radical (unpaired) electrons. The quantitative estimate of drug-likeness (QED) is 0.488. The van der Waals surface area contributed by atoms with Gasteiger partial charge in [0.25, 0.3) is 0 Å². The molecule has 1 aromatic rings. The molecule has 1 aromatic heterocycles. The fourth-order valence-corrected chi connectivity index (χ4v) is 3.10. The molecule has 104 valence electrons. The number of carbonyl (C=O) groups excluding carboxylic acids is 1. The van der Waals surface area contributed by atoms with E-state index in [9.17, 15) is 4.79 Å². The standard InChI is InChI=1S/C13H19N3O2S/c1-3-10-15-9(14)6-11(16-10)19-8-13(4-5-13)7-12(17)18-2/h6H,3-5,7-8H2,1-2H3,(H2,14,15,16). The van der Waals surface area contributed by atoms with Crippen molar-refractivity contribution in [2.45, 2.75) is 37.6 Å². The minimum Gasteiger partial charge on any atom is -0.469 e. The lowest BCUT2D eigenvalue weighted by Gasteiger charge is -2.13. The van der Waals surface area contributed by atoms with Crippen LogP contribution in [0.1, 0.15) is 32.0 Å². The van der Waals surface area contributed by atoms with E-state index in [2.05, 4.69) is 9.97 Å². The zero-order valence-corrected chi connectivity index (χ0v) is 12.1. The summed E-state index contributed by atoms with van der Waals surface area (Å²) in [5, 5.41) is 0.889. The van der Waals surface area contributed by atoms with Gasteiger partial charge in [0.2, 0.25) is 0 Å². The summed E-state index contributed by atoms with van der Waals surface area (Å²) in [5.74, 6) is 2.02. The molecule has 1 heterocycles. The van der Waals surface area contributed by atoms with Crippen LogP contribution in [-0.4, -0.2) is 28.8 Å². The average molecular weight is 281 g/mol. The predicted molar refractivity (Wildman–Crippen MR) is 74.8 cm³/mol. The molecule has 5 nitrogen and oxygen atoms in total. The molecule has 2 N–H and O–H groups in total. The minimum atomic E-state index is -0.130. The molecular weight excluding hydrogens is 262 g/mol. The summed E-state index contributed by atoms with van der Waals surface area (Å²) in [7, 11) is 1.43. The number of nitrogens with zero attached hydrogens (tertiary/aromatic N) is 2. The summed E-state index contributed by atoms with van der Waals surface area (Å²) in [6.07, 6.45) is 3.43. The van der Waals surface area contributed by atoms with Gasteiger partial charge in [-0.25, -0.2) is 9.97 Å². The first kappa shape index (κ1) is 14.1. The van der Waals surface area contributed by atoms with Gasteiger partial charge in [0.05, 0.1) is 13.5 Å². The van der Waals surface area contributed by atoms with Gasteiger partial charge in [0.15, 0.2) is 0 Å². The van der Waals surface area contributed by atoms with E-state index in [0.29, 0.717) is 12.2 Å². The predicted octanol–water partition coefficient (Wildman–Crippen LogP) is 2.06. The van der Waals surface area contributed by atoms with Gasteiger partial charge in [-0.05, 0) is 18.3 Å². The van der Waals surface area contributed by atoms with Crippen LogP contribution in [0.25, 0.3) is 0 Å². The molecule has 1 fully saturated rings. The fraction of sp³-hybridized carbons (Fsp3) is 0.615. The van der Waals surface area contributed by atoms with E-state index >= 15 is 0 Å². The van der Waals surface area contributed by atoms with Crippen LogP contribution in [-0.2, 0) is 16.0 Å². The van der Waals surface area contributed by atoms with Gasteiger partial charge in [-0.15, -0.1) is 11.8 Å². The lowest BCUT2D eigenvalue weighted by molar-refractivity contribution is -0.141. The fourth-order valence-electron chi connectivity index (χ4n) is 1.88. The normalized spacial score (nSPS) is 16.1. The molecule has 19 heavy (non-hydrogen) atoms. The van der Waals surface area contributed by atoms with Crippen molar-refractivity contribution in [3.63, 3.8) is 0 Å². The average Bonchev–Trinajstić information content (AvgIpc) is 3.16. The van der Waals surface area contributed by atoms with Crippen molar-refractivity contribution >= 4 is 23.5 Å². The Morgan fingerprint density at radius 2 is 2.26 bits per heavy atom. The highest BCUT2D eigenvalue weighted by Gasteiger charge is 2.44. The maximum Gasteiger partial charge on any atom is 0.306 e. The van der Waals surface area contributed by atoms with E-state index < -0.39 is 0 Å². The van der Waals surface area contributed by atoms with E-state index in [1.807, 2.05) is 6.92 Å². The number of ether oxygens (including phenoxy) is 1. The topological polar surface area (TPSA) is 78.1 Å². The third kappa shape index (κ3) is 3.83. The van der Waals surface area contributed by atoms with Crippen molar-refractivity contribution in [1.82, 2.24) is 9.97 Å². The molecule has 0 atom stereocenters. The van der Waals surface area contributed by atoms with Crippen LogP contribution in [0.15, 0.2) is 11.1 Å². The molecule has 1 saturated carbocycles. The van der Waals surface area contributed by atoms with E-state index in [4.69, 9.17) is 10.5 Å². The number of hydrogen-bond acceptors (Lipinski definition) is 6. The highest BCUT2D eigenvalue weighted by molar-refractivity contribution is 7.99. The number of aromatic nitrogens is 2. The molecule has 0 unspecified atom stereocenters. The first-order valence-corrected chi connectivity index (χ1v) is 7.38. The van der Waals surface area contributed by atoms with Crippen LogP contribution in [0.3, 0.4) is 0 Å². The molecule has 0 aromatic carbocycles. The lowest BCUT2D eigenvalue weighted by Crippen LogP contribution is -2.13. The van der Waals surface area contributed by atoms with Crippen molar-refractivity contribution in [2.75, 3.05) is 18.6 Å². The smallest absolute Gasteiger partial charge is 0.306 e. The number of carbonyl (C=O) groups is 1. The first-order chi connectivity index (χ1) is 9.07. The van der Waals surface area contributed by atoms with Crippen molar-refractivity contribution in [3.8, 4) is 0 Å². The number of anilines is 1. The minimum absolute atomic E-state index is 0.101. The summed E-state index contributed by atoms with van der Waals surface area (Å²) in [4.78, 5) is 19.9. The van der Waals surface area contributed by atoms with Crippen LogP contribution >= 0.6 is 11.8 Å². The van der Waals surface area contributed by atoms with Gasteiger partial charge in [-0.3, -0.25) is 4.79 Å². The summed E-state index contributed by atoms with van der Waals surface area (Å²) >= 11 is 1.65. The largest absolute Gasteiger partial charge is 0.469 e. The zero-order valence-electron chi connectivity index (χ0n) is 11.3. The Labute approximate surface area is 117 Å². The molecule has 0 aliphatic heterocycles. The summed E-state index contributed by atoms with van der Waals surface area (Å²) in [6.45, 7) is 2.00. The van der Waals surface area contributed by atoms with Gasteiger partial charge >= 0.3 is 5.97 Å². The number of thioether (sulfide) groups is 1. The number of methoxy groups -OCH3 is 1. The number of rotatable bonds is 6. The molecular formula is C13H19N3O2S. The number of nitrogen functional groups attached to an aromatic ring is 1. The van der Waals surface area contributed by atoms with Gasteiger partial charge in [-0.2, -0.15) is 0 Å². The monoisotopic (exact) mass is 281 g/mol. The van der Waals surface area contributed by atoms with Crippen LogP contribution in [0.4, 0.5) is 5.82 Å². The SMILES string of the molecule is CCc1nc(N)cc(SCC2(CC(=O)OC)CC2)n1. The second-order valence-corrected chi connectivity index (χ2v) is 5.94. The molecule has 0 saturated heterocycles. The van der Waals surface area contributed by atoms with Crippen LogP contribution in [0, 0.1) is 5.41 Å². The third-order valence-corrected chi connectivity index (χ3v) is 4.58. The Balaban J connectivity index is 1.95. The van der Waals surface area contributed by atoms with Crippen molar-refractivity contribution in [2.24, 2.45) is 5.41 Å². The Morgan fingerprint density at radius 1 is 1.53 bits per heavy atom. The maximum absolute atomic E-state index is 11.4. The van der Waals surface area contributed by atoms with Crippen LogP contribution in [0.5, 0.6) is 0 Å². The summed E-state index contributed by atoms with van der Waals surface area (Å²) in [6, 6.07) is 1.79. The number of aryl methyl sites for hydroxylation is 1. The molecule has 2 rings (SSSR count). The molecule has 0 bridgehead atoms. The van der Waals surface area contributed by atoms with Crippen LogP contribution < -0.4 is 5.73 Å². The maximum atomic E-state index is 11.4. The molecule has 1 aliphatic carbocycles. The molecule has 6 heteroatoms. The number of hydrogen-bond donors (Lipinski definition) is 1. The summed E-state index contributed by atoms with van der Waals surface area (Å²) < 4.78 is 4.74. The molecule has 1 aliphatic rings. The Kier molecular flexibility index (Phi) is 4.29. The second-order valence-electron chi connectivity index (χ2n) is 4.94. The second kappa shape index (κ2) is 5.77. The van der Waals surface area contributed by atoms with Crippen molar-refractivity contribution in [1.29, 1.82) is 0 Å². The summed E-state index contributed by atoms with van der Waals surface area (Å²) in [5.41, 5.74) is 5.85. The van der Waals surface area contributed by atoms with Gasteiger partial charge < -0.3 is 10.5 Å². The number of esters is 1. The Bertz CT molecular complexity index is 475. The van der Waals surface area contributed by atoms with Gasteiger partial charge in [0.1, 0.15) is 16.7 Å². The highest BCUT2D eigenvalue weighted by Crippen LogP contribution is 2.52. The van der Waals surface area contributed by atoms with E-state index in [1.165, 1.54) is 7.11 Å². The van der Waals surface area contributed by atoms with Crippen LogP contribution in [0.2, 0.25) is 0 Å². The van der Waals surface area contributed by atoms with E-state index in [1.54, 1.807) is 17.8 Å². The zero-order chi connectivity index (χ0) is 13.9. The molecule has 0 amide bonds. The number of nitrogens with two attached hydrogens (primary N) is 1. The molecule has 0 spiro atoms. The van der Waals surface area contributed by atoms with Crippen molar-refractivity contribution in [3.05, 3.63) is 11.9 Å². The first-order valence-electron chi connectivity index (χ1n) is 6.40. The Hall–Kier alpha value is -1.30. The van der Waals surface area contributed by atoms with E-state index in [-0.39, 0.29) is 11.4 Å². The lowest BCUT2D eigenvalue weighted by atomic mass is 10.1. The highest BCUT2D eigenvalue weighted by atomic mass is 32.2. The Morgan fingerprint density at radius 3 is 2.84 bits per heavy atom. The van der Waals surface area contributed by atoms with Gasteiger partial charge in [0, 0.05) is 18.2 Å². The van der Waals surface area contributed by atoms with E-state index in [0.717, 1.165) is 35.9 Å². The van der Waals surface area contributed by atoms with Gasteiger partial charge in [-0.1, -0.05) is 6.92 Å².